The van der Waals surface area contributed by atoms with Crippen LogP contribution in [0.4, 0.5) is 5.69 Å². The third-order valence-electron chi connectivity index (χ3n) is 1.80. The quantitative estimate of drug-likeness (QED) is 0.701. The van der Waals surface area contributed by atoms with Crippen LogP contribution in [0.25, 0.3) is 0 Å². The normalized spacial score (nSPS) is 12.1. The lowest BCUT2D eigenvalue weighted by Crippen LogP contribution is -2.36. The van der Waals surface area contributed by atoms with Gasteiger partial charge in [0, 0.05) is 13.7 Å². The molecule has 1 unspecified atom stereocenters. The van der Waals surface area contributed by atoms with Gasteiger partial charge in [-0.05, 0) is 6.42 Å². The topological polar surface area (TPSA) is 90.1 Å². The van der Waals surface area contributed by atoms with Crippen LogP contribution in [0.5, 0.6) is 0 Å². The van der Waals surface area contributed by atoms with E-state index in [4.69, 9.17) is 10.5 Å². The van der Waals surface area contributed by atoms with Gasteiger partial charge < -0.3 is 15.8 Å². The zero-order valence-corrected chi connectivity index (χ0v) is 8.51. The van der Waals surface area contributed by atoms with Gasteiger partial charge in [0.05, 0.1) is 24.1 Å². The van der Waals surface area contributed by atoms with Crippen LogP contribution < -0.4 is 11.1 Å². The van der Waals surface area contributed by atoms with Crippen molar-refractivity contribution in [3.05, 3.63) is 18.7 Å². The Morgan fingerprint density at radius 1 is 1.60 bits per heavy atom. The fourth-order valence-electron chi connectivity index (χ4n) is 0.975. The number of carbonyl (C=O) groups is 1. The van der Waals surface area contributed by atoms with E-state index in [0.29, 0.717) is 18.7 Å². The van der Waals surface area contributed by atoms with E-state index in [1.54, 1.807) is 7.11 Å². The predicted octanol–water partition coefficient (Wildman–Crippen LogP) is -0.221. The Bertz CT molecular complexity index is 304. The molecule has 0 saturated carbocycles. The summed E-state index contributed by atoms with van der Waals surface area (Å²) in [5.41, 5.74) is 6.16. The zero-order chi connectivity index (χ0) is 11.1. The highest BCUT2D eigenvalue weighted by Gasteiger charge is 2.12. The number of methoxy groups -OCH3 is 1. The molecular formula is C9H14N4O2. The molecule has 0 saturated heterocycles. The molecule has 6 heteroatoms. The van der Waals surface area contributed by atoms with Crippen molar-refractivity contribution in [2.75, 3.05) is 19.0 Å². The number of nitrogens with one attached hydrogen (secondary N) is 1. The van der Waals surface area contributed by atoms with Gasteiger partial charge in [-0.15, -0.1) is 0 Å². The van der Waals surface area contributed by atoms with Crippen molar-refractivity contribution >= 4 is 11.6 Å². The van der Waals surface area contributed by atoms with Gasteiger partial charge in [-0.1, -0.05) is 0 Å². The molecule has 1 rings (SSSR count). The standard InChI is InChI=1S/C9H14N4O2/c1-15-3-2-8(10)9(14)13-7-4-11-6-12-5-7/h4-6,8H,2-3,10H2,1H3,(H,13,14). The molecule has 1 atom stereocenters. The molecule has 3 N–H and O–H groups in total. The second kappa shape index (κ2) is 6.05. The van der Waals surface area contributed by atoms with E-state index in [2.05, 4.69) is 15.3 Å². The van der Waals surface area contributed by atoms with Gasteiger partial charge >= 0.3 is 0 Å². The van der Waals surface area contributed by atoms with Gasteiger partial charge in [0.1, 0.15) is 6.33 Å². The maximum absolute atomic E-state index is 11.5. The molecule has 1 amide bonds. The zero-order valence-electron chi connectivity index (χ0n) is 8.51. The molecule has 0 radical (unpaired) electrons. The Labute approximate surface area is 87.9 Å². The fourth-order valence-corrected chi connectivity index (χ4v) is 0.975. The molecule has 82 valence electrons. The summed E-state index contributed by atoms with van der Waals surface area (Å²) >= 11 is 0. The molecule has 0 fully saturated rings. The third-order valence-corrected chi connectivity index (χ3v) is 1.80. The summed E-state index contributed by atoms with van der Waals surface area (Å²) in [5.74, 6) is -0.262. The Balaban J connectivity index is 2.42. The fraction of sp³-hybridized carbons (Fsp3) is 0.444. The van der Waals surface area contributed by atoms with Crippen LogP contribution in [0, 0.1) is 0 Å². The van der Waals surface area contributed by atoms with Gasteiger partial charge in [-0.3, -0.25) is 4.79 Å². The maximum Gasteiger partial charge on any atom is 0.241 e. The van der Waals surface area contributed by atoms with Crippen LogP contribution in [-0.2, 0) is 9.53 Å². The minimum atomic E-state index is -0.579. The van der Waals surface area contributed by atoms with Crippen molar-refractivity contribution in [1.82, 2.24) is 9.97 Å². The van der Waals surface area contributed by atoms with E-state index < -0.39 is 6.04 Å². The summed E-state index contributed by atoms with van der Waals surface area (Å²) < 4.78 is 4.83. The third kappa shape index (κ3) is 4.01. The first kappa shape index (κ1) is 11.5. The summed E-state index contributed by atoms with van der Waals surface area (Å²) in [7, 11) is 1.57. The Morgan fingerprint density at radius 3 is 2.87 bits per heavy atom. The SMILES string of the molecule is COCCC(N)C(=O)Nc1cncnc1. The van der Waals surface area contributed by atoms with Crippen molar-refractivity contribution in [3.8, 4) is 0 Å². The average Bonchev–Trinajstić information content (AvgIpc) is 2.27. The van der Waals surface area contributed by atoms with E-state index >= 15 is 0 Å². The summed E-state index contributed by atoms with van der Waals surface area (Å²) in [6.45, 7) is 0.458. The summed E-state index contributed by atoms with van der Waals surface area (Å²) in [6.07, 6.45) is 4.89. The number of hydrogen-bond acceptors (Lipinski definition) is 5. The van der Waals surface area contributed by atoms with Crippen LogP contribution in [0.15, 0.2) is 18.7 Å². The molecule has 1 aromatic heterocycles. The van der Waals surface area contributed by atoms with Crippen molar-refractivity contribution in [2.45, 2.75) is 12.5 Å². The molecule has 0 aliphatic rings. The number of rotatable bonds is 5. The Kier molecular flexibility index (Phi) is 4.65. The molecule has 15 heavy (non-hydrogen) atoms. The number of carbonyl (C=O) groups excluding carboxylic acids is 1. The van der Waals surface area contributed by atoms with E-state index in [9.17, 15) is 4.79 Å². The van der Waals surface area contributed by atoms with Crippen molar-refractivity contribution < 1.29 is 9.53 Å². The highest BCUT2D eigenvalue weighted by Crippen LogP contribution is 2.01. The molecule has 0 aliphatic carbocycles. The highest BCUT2D eigenvalue weighted by molar-refractivity contribution is 5.94. The van der Waals surface area contributed by atoms with Crippen molar-refractivity contribution in [3.63, 3.8) is 0 Å². The van der Waals surface area contributed by atoms with Crippen LogP contribution in [0.2, 0.25) is 0 Å². The molecule has 0 spiro atoms. The second-order valence-corrected chi connectivity index (χ2v) is 3.00. The molecule has 0 bridgehead atoms. The molecule has 1 heterocycles. The largest absolute Gasteiger partial charge is 0.385 e. The van der Waals surface area contributed by atoms with E-state index in [-0.39, 0.29) is 5.91 Å². The van der Waals surface area contributed by atoms with Gasteiger partial charge in [0.2, 0.25) is 5.91 Å². The van der Waals surface area contributed by atoms with Crippen molar-refractivity contribution in [2.24, 2.45) is 5.73 Å². The van der Waals surface area contributed by atoms with E-state index in [1.165, 1.54) is 18.7 Å². The first-order valence-corrected chi connectivity index (χ1v) is 4.54. The van der Waals surface area contributed by atoms with Gasteiger partial charge in [0.25, 0.3) is 0 Å². The molecule has 6 nitrogen and oxygen atoms in total. The van der Waals surface area contributed by atoms with Crippen LogP contribution in [0.3, 0.4) is 0 Å². The minimum absolute atomic E-state index is 0.262. The van der Waals surface area contributed by atoms with Crippen LogP contribution >= 0.6 is 0 Å². The average molecular weight is 210 g/mol. The highest BCUT2D eigenvalue weighted by atomic mass is 16.5. The number of aromatic nitrogens is 2. The van der Waals surface area contributed by atoms with Gasteiger partial charge in [0.15, 0.2) is 0 Å². The number of hydrogen-bond donors (Lipinski definition) is 2. The lowest BCUT2D eigenvalue weighted by molar-refractivity contribution is -0.117. The van der Waals surface area contributed by atoms with E-state index in [1.807, 2.05) is 0 Å². The van der Waals surface area contributed by atoms with Crippen LogP contribution in [-0.4, -0.2) is 35.6 Å². The predicted molar refractivity (Wildman–Crippen MR) is 55.1 cm³/mol. The first-order chi connectivity index (χ1) is 7.24. The smallest absolute Gasteiger partial charge is 0.241 e. The van der Waals surface area contributed by atoms with Crippen LogP contribution in [0.1, 0.15) is 6.42 Å². The summed E-state index contributed by atoms with van der Waals surface area (Å²) in [4.78, 5) is 19.0. The lowest BCUT2D eigenvalue weighted by atomic mass is 10.2. The van der Waals surface area contributed by atoms with Gasteiger partial charge in [-0.2, -0.15) is 0 Å². The van der Waals surface area contributed by atoms with Gasteiger partial charge in [-0.25, -0.2) is 9.97 Å². The van der Waals surface area contributed by atoms with E-state index in [0.717, 1.165) is 0 Å². The number of amides is 1. The number of anilines is 1. The minimum Gasteiger partial charge on any atom is -0.385 e. The van der Waals surface area contributed by atoms with Crippen molar-refractivity contribution in [1.29, 1.82) is 0 Å². The lowest BCUT2D eigenvalue weighted by Gasteiger charge is -2.10. The molecular weight excluding hydrogens is 196 g/mol. The first-order valence-electron chi connectivity index (χ1n) is 4.54. The maximum atomic E-state index is 11.5. The Morgan fingerprint density at radius 2 is 2.27 bits per heavy atom. The molecule has 1 aromatic rings. The summed E-state index contributed by atoms with van der Waals surface area (Å²) in [6, 6.07) is -0.579. The molecule has 0 aromatic carbocycles. The second-order valence-electron chi connectivity index (χ2n) is 3.00. The Hall–Kier alpha value is -1.53. The monoisotopic (exact) mass is 210 g/mol. The molecule has 0 aliphatic heterocycles. The number of nitrogens with two attached hydrogens (primary N) is 1. The number of nitrogens with zero attached hydrogens (tertiary/aromatic N) is 2. The number of ether oxygens (including phenoxy) is 1. The summed E-state index contributed by atoms with van der Waals surface area (Å²) in [5, 5.41) is 2.61.